The van der Waals surface area contributed by atoms with Gasteiger partial charge in [0.15, 0.2) is 0 Å². The highest BCUT2D eigenvalue weighted by Gasteiger charge is 2.21. The molecule has 1 N–H and O–H groups in total. The molecule has 0 heterocycles. The van der Waals surface area contributed by atoms with Gasteiger partial charge in [-0.05, 0) is 26.7 Å². The molecule has 0 bridgehead atoms. The predicted molar refractivity (Wildman–Crippen MR) is 49.1 cm³/mol. The molecule has 2 nitrogen and oxygen atoms in total. The summed E-state index contributed by atoms with van der Waals surface area (Å²) in [6.45, 7) is 9.72. The number of rotatable bonds is 3. The van der Waals surface area contributed by atoms with E-state index in [1.807, 2.05) is 27.7 Å². The second-order valence-electron chi connectivity index (χ2n) is 3.75. The fraction of sp³-hybridized carbons (Fsp3) is 0.889. The third-order valence-corrected chi connectivity index (χ3v) is 1.80. The van der Waals surface area contributed by atoms with E-state index in [1.54, 1.807) is 13.1 Å². The zero-order valence-corrected chi connectivity index (χ0v) is 8.13. The first-order valence-electron chi connectivity index (χ1n) is 4.13. The van der Waals surface area contributed by atoms with Crippen LogP contribution in [-0.2, 0) is 0 Å². The summed E-state index contributed by atoms with van der Waals surface area (Å²) < 4.78 is 0. The van der Waals surface area contributed by atoms with Crippen molar-refractivity contribution in [2.75, 3.05) is 0 Å². The number of hydrogen-bond acceptors (Lipinski definition) is 2. The summed E-state index contributed by atoms with van der Waals surface area (Å²) in [6, 6.07) is 0.264. The Bertz CT molecular complexity index is 136. The van der Waals surface area contributed by atoms with E-state index in [0.717, 1.165) is 0 Å². The molecule has 0 aliphatic heterocycles. The molecule has 0 amide bonds. The third-order valence-electron chi connectivity index (χ3n) is 1.80. The second-order valence-corrected chi connectivity index (χ2v) is 3.75. The molecule has 1 unspecified atom stereocenters. The van der Waals surface area contributed by atoms with Crippen LogP contribution >= 0.6 is 0 Å². The summed E-state index contributed by atoms with van der Waals surface area (Å²) in [4.78, 5) is 4.14. The molecule has 2 heteroatoms. The first kappa shape index (κ1) is 10.6. The minimum absolute atomic E-state index is 0.213. The average Bonchev–Trinajstić information content (AvgIpc) is 1.84. The van der Waals surface area contributed by atoms with Crippen LogP contribution < -0.4 is 0 Å². The molecule has 11 heavy (non-hydrogen) atoms. The van der Waals surface area contributed by atoms with Gasteiger partial charge < -0.3 is 5.11 Å². The Morgan fingerprint density at radius 3 is 2.00 bits per heavy atom. The van der Waals surface area contributed by atoms with Crippen LogP contribution in [0.1, 0.15) is 34.6 Å². The van der Waals surface area contributed by atoms with Crippen molar-refractivity contribution in [2.24, 2.45) is 10.9 Å². The van der Waals surface area contributed by atoms with Crippen molar-refractivity contribution in [2.45, 2.75) is 46.3 Å². The van der Waals surface area contributed by atoms with E-state index in [4.69, 9.17) is 0 Å². The van der Waals surface area contributed by atoms with Gasteiger partial charge in [-0.1, -0.05) is 13.8 Å². The van der Waals surface area contributed by atoms with Crippen LogP contribution in [0.25, 0.3) is 0 Å². The Balaban J connectivity index is 4.11. The Labute approximate surface area is 69.3 Å². The second kappa shape index (κ2) is 3.86. The fourth-order valence-electron chi connectivity index (χ4n) is 0.449. The standard InChI is InChI=1S/C9H19NO/c1-7(2)9(5,11)6-10-8(3)4/h6-8,11H,1-5H3/b10-6+. The molecule has 0 aromatic rings. The number of aliphatic imine (C=N–C) groups is 1. The summed E-state index contributed by atoms with van der Waals surface area (Å²) in [5.41, 5.74) is -0.760. The fourth-order valence-corrected chi connectivity index (χ4v) is 0.449. The molecule has 0 spiro atoms. The molecule has 0 radical (unpaired) electrons. The lowest BCUT2D eigenvalue weighted by atomic mass is 9.94. The summed E-state index contributed by atoms with van der Waals surface area (Å²) in [7, 11) is 0. The van der Waals surface area contributed by atoms with Crippen molar-refractivity contribution in [3.8, 4) is 0 Å². The zero-order valence-electron chi connectivity index (χ0n) is 8.13. The number of aliphatic hydroxyl groups is 1. The molecule has 0 fully saturated rings. The van der Waals surface area contributed by atoms with Crippen molar-refractivity contribution in [3.05, 3.63) is 0 Å². The van der Waals surface area contributed by atoms with Crippen molar-refractivity contribution in [1.82, 2.24) is 0 Å². The highest BCUT2D eigenvalue weighted by molar-refractivity contribution is 5.68. The highest BCUT2D eigenvalue weighted by atomic mass is 16.3. The van der Waals surface area contributed by atoms with E-state index in [1.165, 1.54) is 0 Å². The molecule has 0 aliphatic carbocycles. The maximum absolute atomic E-state index is 9.69. The van der Waals surface area contributed by atoms with Gasteiger partial charge in [0.1, 0.15) is 0 Å². The Morgan fingerprint density at radius 2 is 1.73 bits per heavy atom. The van der Waals surface area contributed by atoms with Crippen molar-refractivity contribution in [1.29, 1.82) is 0 Å². The molecule has 1 atom stereocenters. The Hall–Kier alpha value is -0.370. The maximum atomic E-state index is 9.69. The largest absolute Gasteiger partial charge is 0.384 e. The minimum atomic E-state index is -0.760. The molecule has 0 saturated heterocycles. The molecule has 0 aromatic heterocycles. The van der Waals surface area contributed by atoms with Gasteiger partial charge in [0.2, 0.25) is 0 Å². The van der Waals surface area contributed by atoms with Gasteiger partial charge in [0, 0.05) is 12.3 Å². The summed E-state index contributed by atoms with van der Waals surface area (Å²) in [5.74, 6) is 0.213. The van der Waals surface area contributed by atoms with Gasteiger partial charge in [-0.3, -0.25) is 4.99 Å². The summed E-state index contributed by atoms with van der Waals surface area (Å²) in [5, 5.41) is 9.69. The normalized spacial score (nSPS) is 18.2. The molecule has 0 saturated carbocycles. The predicted octanol–water partition coefficient (Wildman–Crippen LogP) is 1.87. The van der Waals surface area contributed by atoms with Crippen LogP contribution in [0.15, 0.2) is 4.99 Å². The highest BCUT2D eigenvalue weighted by Crippen LogP contribution is 2.13. The van der Waals surface area contributed by atoms with E-state index in [2.05, 4.69) is 4.99 Å². The lowest BCUT2D eigenvalue weighted by Gasteiger charge is -2.22. The van der Waals surface area contributed by atoms with Gasteiger partial charge in [0.25, 0.3) is 0 Å². The molecule has 0 aliphatic rings. The van der Waals surface area contributed by atoms with Gasteiger partial charge >= 0.3 is 0 Å². The monoisotopic (exact) mass is 157 g/mol. The van der Waals surface area contributed by atoms with Crippen LogP contribution in [0.5, 0.6) is 0 Å². The first-order chi connectivity index (χ1) is 4.86. The van der Waals surface area contributed by atoms with Crippen LogP contribution in [0.3, 0.4) is 0 Å². The molecule has 0 rings (SSSR count). The van der Waals surface area contributed by atoms with Gasteiger partial charge in [0.05, 0.1) is 5.60 Å². The van der Waals surface area contributed by atoms with Crippen molar-refractivity contribution in [3.63, 3.8) is 0 Å². The van der Waals surface area contributed by atoms with Crippen molar-refractivity contribution >= 4 is 6.21 Å². The minimum Gasteiger partial charge on any atom is -0.384 e. The number of nitrogens with zero attached hydrogens (tertiary/aromatic N) is 1. The molecular formula is C9H19NO. The first-order valence-corrected chi connectivity index (χ1v) is 4.13. The van der Waals surface area contributed by atoms with E-state index >= 15 is 0 Å². The van der Waals surface area contributed by atoms with E-state index < -0.39 is 5.60 Å². The van der Waals surface area contributed by atoms with Gasteiger partial charge in [-0.15, -0.1) is 0 Å². The average molecular weight is 157 g/mol. The number of hydrogen-bond donors (Lipinski definition) is 1. The quantitative estimate of drug-likeness (QED) is 0.623. The van der Waals surface area contributed by atoms with Crippen LogP contribution in [0, 0.1) is 5.92 Å². The third kappa shape index (κ3) is 4.14. The van der Waals surface area contributed by atoms with E-state index in [9.17, 15) is 5.11 Å². The lowest BCUT2D eigenvalue weighted by Crippen LogP contribution is -2.33. The summed E-state index contributed by atoms with van der Waals surface area (Å²) >= 11 is 0. The SMILES string of the molecule is CC(C)/N=C/C(C)(O)C(C)C. The Morgan fingerprint density at radius 1 is 1.27 bits per heavy atom. The molecule has 0 aromatic carbocycles. The van der Waals surface area contributed by atoms with E-state index in [0.29, 0.717) is 0 Å². The Kier molecular flexibility index (Phi) is 3.73. The van der Waals surface area contributed by atoms with Gasteiger partial charge in [-0.2, -0.15) is 0 Å². The maximum Gasteiger partial charge on any atom is 0.0987 e. The summed E-state index contributed by atoms with van der Waals surface area (Å²) in [6.07, 6.45) is 1.64. The molecule has 66 valence electrons. The van der Waals surface area contributed by atoms with E-state index in [-0.39, 0.29) is 12.0 Å². The van der Waals surface area contributed by atoms with Gasteiger partial charge in [-0.25, -0.2) is 0 Å². The smallest absolute Gasteiger partial charge is 0.0987 e. The van der Waals surface area contributed by atoms with Crippen LogP contribution in [0.2, 0.25) is 0 Å². The lowest BCUT2D eigenvalue weighted by molar-refractivity contribution is 0.0876. The molecular weight excluding hydrogens is 138 g/mol. The van der Waals surface area contributed by atoms with Crippen LogP contribution in [-0.4, -0.2) is 23.0 Å². The van der Waals surface area contributed by atoms with Crippen LogP contribution in [0.4, 0.5) is 0 Å². The topological polar surface area (TPSA) is 32.6 Å². The van der Waals surface area contributed by atoms with Crippen molar-refractivity contribution < 1.29 is 5.11 Å². The zero-order chi connectivity index (χ0) is 9.07.